The van der Waals surface area contributed by atoms with Crippen LogP contribution in [0.2, 0.25) is 0 Å². The number of nitrogens with one attached hydrogen (secondary N) is 1. The summed E-state index contributed by atoms with van der Waals surface area (Å²) < 4.78 is 5.32. The van der Waals surface area contributed by atoms with Crippen LogP contribution in [0.3, 0.4) is 0 Å². The Labute approximate surface area is 94.9 Å². The number of hydrogen-bond donors (Lipinski definition) is 1. The molecule has 1 aliphatic heterocycles. The Morgan fingerprint density at radius 2 is 2.20 bits per heavy atom. The molecule has 15 heavy (non-hydrogen) atoms. The maximum atomic E-state index is 5.32. The third-order valence-electron chi connectivity index (χ3n) is 2.66. The fourth-order valence-corrected chi connectivity index (χ4v) is 2.58. The van der Waals surface area contributed by atoms with Gasteiger partial charge in [-0.1, -0.05) is 13.8 Å². The smallest absolute Gasteiger partial charge is 0.183 e. The Morgan fingerprint density at radius 1 is 1.47 bits per heavy atom. The van der Waals surface area contributed by atoms with Crippen molar-refractivity contribution >= 4 is 16.5 Å². The number of anilines is 1. The van der Waals surface area contributed by atoms with Gasteiger partial charge in [-0.3, -0.25) is 0 Å². The quantitative estimate of drug-likeness (QED) is 0.860. The number of thiazole rings is 1. The van der Waals surface area contributed by atoms with E-state index in [0.29, 0.717) is 12.0 Å². The molecule has 2 heterocycles. The summed E-state index contributed by atoms with van der Waals surface area (Å²) >= 11 is 1.71. The van der Waals surface area contributed by atoms with E-state index in [0.717, 1.165) is 31.2 Å². The lowest BCUT2D eigenvalue weighted by Gasteiger charge is -2.22. The van der Waals surface area contributed by atoms with Crippen molar-refractivity contribution in [3.8, 4) is 0 Å². The molecule has 0 bridgehead atoms. The molecule has 0 aromatic carbocycles. The molecule has 0 aliphatic carbocycles. The first-order valence-electron chi connectivity index (χ1n) is 5.55. The minimum Gasteiger partial charge on any atom is -0.381 e. The maximum absolute atomic E-state index is 5.32. The highest BCUT2D eigenvalue weighted by atomic mass is 32.1. The fraction of sp³-hybridized carbons (Fsp3) is 0.727. The summed E-state index contributed by atoms with van der Waals surface area (Å²) in [6, 6.07) is 0.546. The van der Waals surface area contributed by atoms with Gasteiger partial charge in [-0.15, -0.1) is 11.3 Å². The van der Waals surface area contributed by atoms with E-state index in [4.69, 9.17) is 4.74 Å². The highest BCUT2D eigenvalue weighted by Crippen LogP contribution is 2.23. The van der Waals surface area contributed by atoms with Gasteiger partial charge < -0.3 is 10.1 Å². The predicted octanol–water partition coefficient (Wildman–Crippen LogP) is 2.86. The van der Waals surface area contributed by atoms with Crippen LogP contribution in [-0.2, 0) is 4.74 Å². The summed E-state index contributed by atoms with van der Waals surface area (Å²) in [6.07, 6.45) is 2.19. The second kappa shape index (κ2) is 4.94. The molecule has 84 valence electrons. The van der Waals surface area contributed by atoms with E-state index < -0.39 is 0 Å². The summed E-state index contributed by atoms with van der Waals surface area (Å²) in [5.41, 5.74) is 1.19. The summed E-state index contributed by atoms with van der Waals surface area (Å²) in [4.78, 5) is 4.57. The van der Waals surface area contributed by atoms with Crippen molar-refractivity contribution in [2.24, 2.45) is 0 Å². The normalized spacial score (nSPS) is 18.3. The molecule has 1 N–H and O–H groups in total. The molecule has 4 heteroatoms. The van der Waals surface area contributed by atoms with Crippen molar-refractivity contribution in [1.82, 2.24) is 4.98 Å². The average Bonchev–Trinajstić information content (AvgIpc) is 2.68. The van der Waals surface area contributed by atoms with Gasteiger partial charge in [0.2, 0.25) is 0 Å². The van der Waals surface area contributed by atoms with Crippen LogP contribution < -0.4 is 5.32 Å². The van der Waals surface area contributed by atoms with Gasteiger partial charge in [0.25, 0.3) is 0 Å². The first-order chi connectivity index (χ1) is 7.25. The summed E-state index contributed by atoms with van der Waals surface area (Å²) in [5.74, 6) is 0.520. The SMILES string of the molecule is CC(C)c1csc(NC2CCOCC2)n1. The van der Waals surface area contributed by atoms with Crippen molar-refractivity contribution < 1.29 is 4.74 Å². The second-order valence-corrected chi connectivity index (χ2v) is 5.12. The Bertz CT molecular complexity index is 305. The number of hydrogen-bond acceptors (Lipinski definition) is 4. The third kappa shape index (κ3) is 2.92. The summed E-state index contributed by atoms with van der Waals surface area (Å²) in [6.45, 7) is 6.10. The first kappa shape index (κ1) is 10.9. The topological polar surface area (TPSA) is 34.1 Å². The zero-order valence-corrected chi connectivity index (χ0v) is 10.1. The molecular formula is C11H18N2OS. The zero-order valence-electron chi connectivity index (χ0n) is 9.32. The van der Waals surface area contributed by atoms with Crippen molar-refractivity contribution in [2.45, 2.75) is 38.6 Å². The molecule has 0 saturated carbocycles. The van der Waals surface area contributed by atoms with Crippen molar-refractivity contribution in [2.75, 3.05) is 18.5 Å². The summed E-state index contributed by atoms with van der Waals surface area (Å²) in [5, 5.41) is 6.69. The van der Waals surface area contributed by atoms with Crippen LogP contribution in [0.15, 0.2) is 5.38 Å². The number of rotatable bonds is 3. The van der Waals surface area contributed by atoms with Crippen LogP contribution in [0, 0.1) is 0 Å². The van der Waals surface area contributed by atoms with Crippen LogP contribution in [0.4, 0.5) is 5.13 Å². The van der Waals surface area contributed by atoms with Gasteiger partial charge >= 0.3 is 0 Å². The highest BCUT2D eigenvalue weighted by molar-refractivity contribution is 7.13. The lowest BCUT2D eigenvalue weighted by Crippen LogP contribution is -2.27. The molecule has 0 radical (unpaired) electrons. The highest BCUT2D eigenvalue weighted by Gasteiger charge is 2.15. The maximum Gasteiger partial charge on any atom is 0.183 e. The number of aromatic nitrogens is 1. The van der Waals surface area contributed by atoms with Gasteiger partial charge in [-0.25, -0.2) is 4.98 Å². The predicted molar refractivity (Wildman–Crippen MR) is 63.7 cm³/mol. The van der Waals surface area contributed by atoms with E-state index in [1.54, 1.807) is 11.3 Å². The lowest BCUT2D eigenvalue weighted by molar-refractivity contribution is 0.0904. The van der Waals surface area contributed by atoms with E-state index in [1.165, 1.54) is 5.69 Å². The lowest BCUT2D eigenvalue weighted by atomic mass is 10.1. The number of nitrogens with zero attached hydrogens (tertiary/aromatic N) is 1. The molecule has 0 atom stereocenters. The monoisotopic (exact) mass is 226 g/mol. The largest absolute Gasteiger partial charge is 0.381 e. The zero-order chi connectivity index (χ0) is 10.7. The van der Waals surface area contributed by atoms with Crippen LogP contribution in [-0.4, -0.2) is 24.2 Å². The molecule has 0 spiro atoms. The molecule has 1 saturated heterocycles. The van der Waals surface area contributed by atoms with Crippen molar-refractivity contribution in [3.63, 3.8) is 0 Å². The Morgan fingerprint density at radius 3 is 2.80 bits per heavy atom. The van der Waals surface area contributed by atoms with E-state index in [1.807, 2.05) is 0 Å². The fourth-order valence-electron chi connectivity index (χ4n) is 1.63. The van der Waals surface area contributed by atoms with Crippen LogP contribution in [0.1, 0.15) is 38.3 Å². The first-order valence-corrected chi connectivity index (χ1v) is 6.43. The standard InChI is InChI=1S/C11H18N2OS/c1-8(2)10-7-15-11(13-10)12-9-3-5-14-6-4-9/h7-9H,3-6H2,1-2H3,(H,12,13). The molecule has 1 aromatic heterocycles. The van der Waals surface area contributed by atoms with Crippen LogP contribution >= 0.6 is 11.3 Å². The third-order valence-corrected chi connectivity index (χ3v) is 3.45. The molecule has 1 aromatic rings. The van der Waals surface area contributed by atoms with Gasteiger partial charge in [0.05, 0.1) is 5.69 Å². The van der Waals surface area contributed by atoms with Gasteiger partial charge in [0, 0.05) is 24.6 Å². The summed E-state index contributed by atoms with van der Waals surface area (Å²) in [7, 11) is 0. The number of ether oxygens (including phenoxy) is 1. The van der Waals surface area contributed by atoms with Gasteiger partial charge in [0.15, 0.2) is 5.13 Å². The van der Waals surface area contributed by atoms with E-state index in [9.17, 15) is 0 Å². The minimum atomic E-state index is 0.520. The van der Waals surface area contributed by atoms with Gasteiger partial charge in [-0.05, 0) is 18.8 Å². The van der Waals surface area contributed by atoms with Crippen LogP contribution in [0.5, 0.6) is 0 Å². The Hall–Kier alpha value is -0.610. The van der Waals surface area contributed by atoms with Crippen molar-refractivity contribution in [1.29, 1.82) is 0 Å². The molecule has 0 unspecified atom stereocenters. The minimum absolute atomic E-state index is 0.520. The van der Waals surface area contributed by atoms with E-state index in [2.05, 4.69) is 29.5 Å². The van der Waals surface area contributed by atoms with E-state index >= 15 is 0 Å². The molecule has 2 rings (SSSR count). The molecule has 0 amide bonds. The van der Waals surface area contributed by atoms with Gasteiger partial charge in [-0.2, -0.15) is 0 Å². The molecular weight excluding hydrogens is 208 g/mol. The van der Waals surface area contributed by atoms with Crippen molar-refractivity contribution in [3.05, 3.63) is 11.1 Å². The van der Waals surface area contributed by atoms with Crippen LogP contribution in [0.25, 0.3) is 0 Å². The Balaban J connectivity index is 1.91. The molecule has 1 aliphatic rings. The van der Waals surface area contributed by atoms with Gasteiger partial charge in [0.1, 0.15) is 0 Å². The van der Waals surface area contributed by atoms with E-state index in [-0.39, 0.29) is 0 Å². The molecule has 1 fully saturated rings. The average molecular weight is 226 g/mol. The second-order valence-electron chi connectivity index (χ2n) is 4.26. The Kier molecular flexibility index (Phi) is 3.59. The molecule has 3 nitrogen and oxygen atoms in total.